The number of amides is 1. The van der Waals surface area contributed by atoms with Gasteiger partial charge in [-0.25, -0.2) is 4.79 Å². The molecule has 5 heteroatoms. The number of nitrogens with zero attached hydrogens (tertiary/aromatic N) is 1. The Balaban J connectivity index is 1.63. The molecule has 1 heterocycles. The third-order valence-corrected chi connectivity index (χ3v) is 5.94. The number of nitrogens with one attached hydrogen (secondary N) is 1. The maximum Gasteiger partial charge on any atom is 0.411 e. The minimum Gasteiger partial charge on any atom is -0.491 e. The van der Waals surface area contributed by atoms with Crippen molar-refractivity contribution in [3.8, 4) is 5.75 Å². The summed E-state index contributed by atoms with van der Waals surface area (Å²) in [6.45, 7) is 8.62. The summed E-state index contributed by atoms with van der Waals surface area (Å²) in [5.41, 5.74) is 0.674. The van der Waals surface area contributed by atoms with E-state index < -0.39 is 6.09 Å². The smallest absolute Gasteiger partial charge is 0.411 e. The van der Waals surface area contributed by atoms with Crippen molar-refractivity contribution in [1.82, 2.24) is 4.90 Å². The van der Waals surface area contributed by atoms with Gasteiger partial charge in [-0.2, -0.15) is 0 Å². The largest absolute Gasteiger partial charge is 0.491 e. The van der Waals surface area contributed by atoms with Gasteiger partial charge in [0.25, 0.3) is 0 Å². The number of hydrogen-bond donors (Lipinski definition) is 1. The summed E-state index contributed by atoms with van der Waals surface area (Å²) < 4.78 is 11.3. The highest BCUT2D eigenvalue weighted by molar-refractivity contribution is 5.86. The molecule has 170 valence electrons. The SMILES string of the molecule is CCCCCCCOc1ccccc1NC(=O)OCCN1CCC(CCCC)CC1. The summed E-state index contributed by atoms with van der Waals surface area (Å²) in [4.78, 5) is 14.6. The molecule has 0 saturated carbocycles. The third-order valence-electron chi connectivity index (χ3n) is 5.94. The maximum atomic E-state index is 12.2. The van der Waals surface area contributed by atoms with E-state index >= 15 is 0 Å². The highest BCUT2D eigenvalue weighted by Crippen LogP contribution is 2.25. The van der Waals surface area contributed by atoms with Crippen LogP contribution in [0.25, 0.3) is 0 Å². The molecular weight excluding hydrogens is 376 g/mol. The minimum atomic E-state index is -0.410. The predicted octanol–water partition coefficient (Wildman–Crippen LogP) is 6.49. The molecule has 1 amide bonds. The molecule has 1 aliphatic heterocycles. The van der Waals surface area contributed by atoms with Gasteiger partial charge in [0.1, 0.15) is 12.4 Å². The van der Waals surface area contributed by atoms with Gasteiger partial charge in [-0.05, 0) is 50.4 Å². The Hall–Kier alpha value is -1.75. The van der Waals surface area contributed by atoms with Crippen molar-refractivity contribution >= 4 is 11.8 Å². The van der Waals surface area contributed by atoms with E-state index in [1.165, 1.54) is 57.8 Å². The molecule has 0 radical (unpaired) electrons. The Bertz CT molecular complexity index is 586. The first-order chi connectivity index (χ1) is 14.7. The monoisotopic (exact) mass is 418 g/mol. The molecule has 0 spiro atoms. The van der Waals surface area contributed by atoms with Crippen molar-refractivity contribution in [1.29, 1.82) is 0 Å². The standard InChI is InChI=1S/C25H42N2O3/c1-3-5-7-8-11-20-29-24-14-10-9-13-23(24)26-25(28)30-21-19-27-17-15-22(16-18-27)12-6-4-2/h9-10,13-14,22H,3-8,11-12,15-21H2,1-2H3,(H,26,28). The lowest BCUT2D eigenvalue weighted by molar-refractivity contribution is 0.119. The van der Waals surface area contributed by atoms with Gasteiger partial charge < -0.3 is 9.47 Å². The summed E-state index contributed by atoms with van der Waals surface area (Å²) in [6.07, 6.45) is 12.1. The summed E-state index contributed by atoms with van der Waals surface area (Å²) in [7, 11) is 0. The van der Waals surface area contributed by atoms with Crippen LogP contribution in [0.15, 0.2) is 24.3 Å². The number of carbonyl (C=O) groups excluding carboxylic acids is 1. The van der Waals surface area contributed by atoms with E-state index in [0.29, 0.717) is 24.7 Å². The zero-order valence-electron chi connectivity index (χ0n) is 19.2. The molecule has 1 fully saturated rings. The number of rotatable bonds is 14. The molecule has 2 rings (SSSR count). The number of likely N-dealkylation sites (tertiary alicyclic amines) is 1. The van der Waals surface area contributed by atoms with E-state index in [0.717, 1.165) is 32.0 Å². The lowest BCUT2D eigenvalue weighted by atomic mass is 9.92. The molecule has 1 aromatic rings. The van der Waals surface area contributed by atoms with Crippen molar-refractivity contribution in [3.63, 3.8) is 0 Å². The van der Waals surface area contributed by atoms with Crippen LogP contribution in [0.1, 0.15) is 78.1 Å². The molecule has 0 unspecified atom stereocenters. The van der Waals surface area contributed by atoms with Gasteiger partial charge in [0.05, 0.1) is 12.3 Å². The fourth-order valence-electron chi connectivity index (χ4n) is 3.99. The van der Waals surface area contributed by atoms with E-state index in [1.807, 2.05) is 24.3 Å². The van der Waals surface area contributed by atoms with Crippen molar-refractivity contribution in [2.45, 2.75) is 78.1 Å². The normalized spacial score (nSPS) is 15.1. The number of carbonyl (C=O) groups is 1. The van der Waals surface area contributed by atoms with Crippen LogP contribution in [-0.2, 0) is 4.74 Å². The van der Waals surface area contributed by atoms with Crippen molar-refractivity contribution in [3.05, 3.63) is 24.3 Å². The van der Waals surface area contributed by atoms with Crippen molar-refractivity contribution in [2.24, 2.45) is 5.92 Å². The Labute approximate surface area is 183 Å². The lowest BCUT2D eigenvalue weighted by Gasteiger charge is -2.31. The number of unbranched alkanes of at least 4 members (excludes halogenated alkanes) is 5. The molecular formula is C25H42N2O3. The van der Waals surface area contributed by atoms with Gasteiger partial charge in [-0.3, -0.25) is 10.2 Å². The van der Waals surface area contributed by atoms with Crippen LogP contribution in [-0.4, -0.2) is 43.8 Å². The first-order valence-electron chi connectivity index (χ1n) is 12.1. The second-order valence-electron chi connectivity index (χ2n) is 8.45. The first-order valence-corrected chi connectivity index (χ1v) is 12.1. The van der Waals surface area contributed by atoms with E-state index in [9.17, 15) is 4.79 Å². The zero-order chi connectivity index (χ0) is 21.4. The molecule has 0 atom stereocenters. The average molecular weight is 419 g/mol. The molecule has 0 bridgehead atoms. The van der Waals surface area contributed by atoms with Gasteiger partial charge in [-0.15, -0.1) is 0 Å². The molecule has 1 N–H and O–H groups in total. The Kier molecular flexibility index (Phi) is 12.4. The van der Waals surface area contributed by atoms with E-state index in [4.69, 9.17) is 9.47 Å². The number of piperidine rings is 1. The van der Waals surface area contributed by atoms with E-state index in [1.54, 1.807) is 0 Å². The fourth-order valence-corrected chi connectivity index (χ4v) is 3.99. The summed E-state index contributed by atoms with van der Waals surface area (Å²) in [5, 5.41) is 2.84. The fraction of sp³-hybridized carbons (Fsp3) is 0.720. The molecule has 5 nitrogen and oxygen atoms in total. The second kappa shape index (κ2) is 15.1. The molecule has 0 aliphatic carbocycles. The molecule has 1 aliphatic rings. The zero-order valence-corrected chi connectivity index (χ0v) is 19.2. The average Bonchev–Trinajstić information content (AvgIpc) is 2.76. The lowest BCUT2D eigenvalue weighted by Crippen LogP contribution is -2.36. The van der Waals surface area contributed by atoms with Crippen molar-refractivity contribution in [2.75, 3.05) is 38.2 Å². The second-order valence-corrected chi connectivity index (χ2v) is 8.45. The van der Waals surface area contributed by atoms with Gasteiger partial charge in [0.15, 0.2) is 0 Å². The number of para-hydroxylation sites is 2. The Morgan fingerprint density at radius 2 is 1.73 bits per heavy atom. The maximum absolute atomic E-state index is 12.2. The number of benzene rings is 1. The van der Waals surface area contributed by atoms with Crippen molar-refractivity contribution < 1.29 is 14.3 Å². The van der Waals surface area contributed by atoms with Crippen LogP contribution in [0, 0.1) is 5.92 Å². The summed E-state index contributed by atoms with van der Waals surface area (Å²) in [6, 6.07) is 7.57. The van der Waals surface area contributed by atoms with Crippen LogP contribution in [0.4, 0.5) is 10.5 Å². The molecule has 30 heavy (non-hydrogen) atoms. The molecule has 1 aromatic carbocycles. The van der Waals surface area contributed by atoms with Crippen LogP contribution >= 0.6 is 0 Å². The van der Waals surface area contributed by atoms with Crippen LogP contribution in [0.3, 0.4) is 0 Å². The highest BCUT2D eigenvalue weighted by atomic mass is 16.5. The highest BCUT2D eigenvalue weighted by Gasteiger charge is 2.18. The quantitative estimate of drug-likeness (QED) is 0.351. The van der Waals surface area contributed by atoms with E-state index in [-0.39, 0.29) is 0 Å². The Morgan fingerprint density at radius 3 is 2.50 bits per heavy atom. The van der Waals surface area contributed by atoms with Gasteiger partial charge in [0, 0.05) is 6.54 Å². The third kappa shape index (κ3) is 9.84. The minimum absolute atomic E-state index is 0.410. The van der Waals surface area contributed by atoms with Gasteiger partial charge >= 0.3 is 6.09 Å². The summed E-state index contributed by atoms with van der Waals surface area (Å²) >= 11 is 0. The van der Waals surface area contributed by atoms with Crippen LogP contribution in [0.2, 0.25) is 0 Å². The number of ether oxygens (including phenoxy) is 2. The van der Waals surface area contributed by atoms with Crippen LogP contribution in [0.5, 0.6) is 5.75 Å². The molecule has 0 aromatic heterocycles. The Morgan fingerprint density at radius 1 is 1.00 bits per heavy atom. The van der Waals surface area contributed by atoms with Gasteiger partial charge in [-0.1, -0.05) is 70.9 Å². The van der Waals surface area contributed by atoms with Gasteiger partial charge in [0.2, 0.25) is 0 Å². The number of anilines is 1. The topological polar surface area (TPSA) is 50.8 Å². The predicted molar refractivity (Wildman–Crippen MR) is 124 cm³/mol. The first kappa shape index (κ1) is 24.5. The van der Waals surface area contributed by atoms with E-state index in [2.05, 4.69) is 24.1 Å². The van der Waals surface area contributed by atoms with Crippen LogP contribution < -0.4 is 10.1 Å². The molecule has 1 saturated heterocycles. The number of hydrogen-bond acceptors (Lipinski definition) is 4. The summed E-state index contributed by atoms with van der Waals surface area (Å²) in [5.74, 6) is 1.59.